The summed E-state index contributed by atoms with van der Waals surface area (Å²) in [4.78, 5) is 28.7. The summed E-state index contributed by atoms with van der Waals surface area (Å²) in [5.41, 5.74) is 4.25. The number of esters is 1. The first kappa shape index (κ1) is 25.9. The maximum absolute atomic E-state index is 12.6. The van der Waals surface area contributed by atoms with Crippen LogP contribution in [0.3, 0.4) is 0 Å². The van der Waals surface area contributed by atoms with Gasteiger partial charge in [0, 0.05) is 28.6 Å². The summed E-state index contributed by atoms with van der Waals surface area (Å²) >= 11 is 0. The molecule has 4 rings (SSSR count). The number of ether oxygens (including phenoxy) is 2. The molecule has 0 aliphatic rings. The summed E-state index contributed by atoms with van der Waals surface area (Å²) in [6.07, 6.45) is 3.18. The number of anilines is 2. The van der Waals surface area contributed by atoms with Crippen LogP contribution < -0.4 is 15.4 Å². The molecule has 0 saturated carbocycles. The molecule has 3 aromatic carbocycles. The quantitative estimate of drug-likeness (QED) is 0.241. The van der Waals surface area contributed by atoms with Crippen LogP contribution >= 0.6 is 0 Å². The van der Waals surface area contributed by atoms with Crippen molar-refractivity contribution in [3.8, 4) is 28.7 Å². The summed E-state index contributed by atoms with van der Waals surface area (Å²) in [5.74, 6) is 6.36. The molecule has 3 N–H and O–H groups in total. The highest BCUT2D eigenvalue weighted by Gasteiger charge is 2.17. The Morgan fingerprint density at radius 1 is 0.921 bits per heavy atom. The molecule has 0 saturated heterocycles. The van der Waals surface area contributed by atoms with E-state index >= 15 is 0 Å². The fourth-order valence-electron chi connectivity index (χ4n) is 3.66. The molecule has 0 spiro atoms. The minimum atomic E-state index is -0.481. The van der Waals surface area contributed by atoms with Crippen LogP contribution in [-0.2, 0) is 4.74 Å². The number of aromatic nitrogens is 1. The normalized spacial score (nSPS) is 10.1. The van der Waals surface area contributed by atoms with Crippen molar-refractivity contribution in [3.05, 3.63) is 108 Å². The molecule has 0 unspecified atom stereocenters. The lowest BCUT2D eigenvalue weighted by molar-refractivity contribution is 0.0601. The number of aliphatic hydroxyl groups is 1. The second kappa shape index (κ2) is 12.7. The molecule has 8 heteroatoms. The van der Waals surface area contributed by atoms with Crippen molar-refractivity contribution in [2.75, 3.05) is 31.0 Å². The average Bonchev–Trinajstić information content (AvgIpc) is 2.95. The van der Waals surface area contributed by atoms with E-state index < -0.39 is 5.97 Å². The first-order valence-electron chi connectivity index (χ1n) is 11.7. The number of aliphatic hydroxyl groups excluding tert-OH is 1. The number of hydrogen-bond donors (Lipinski definition) is 3. The van der Waals surface area contributed by atoms with E-state index in [1.807, 2.05) is 18.2 Å². The van der Waals surface area contributed by atoms with Gasteiger partial charge in [-0.3, -0.25) is 4.98 Å². The summed E-state index contributed by atoms with van der Waals surface area (Å²) in [7, 11) is 1.33. The van der Waals surface area contributed by atoms with Gasteiger partial charge < -0.3 is 25.2 Å². The summed E-state index contributed by atoms with van der Waals surface area (Å²) in [6, 6.07) is 22.7. The van der Waals surface area contributed by atoms with Gasteiger partial charge in [0.1, 0.15) is 12.4 Å². The summed E-state index contributed by atoms with van der Waals surface area (Å²) in [5, 5.41) is 14.5. The number of methoxy groups -OCH3 is 1. The Hall–Kier alpha value is -5.13. The highest BCUT2D eigenvalue weighted by atomic mass is 16.5. The molecule has 0 radical (unpaired) electrons. The van der Waals surface area contributed by atoms with Crippen molar-refractivity contribution in [1.29, 1.82) is 0 Å². The monoisotopic (exact) mass is 507 g/mol. The van der Waals surface area contributed by atoms with Crippen molar-refractivity contribution in [2.45, 2.75) is 0 Å². The molecule has 1 heterocycles. The van der Waals surface area contributed by atoms with Gasteiger partial charge in [0.2, 0.25) is 0 Å². The lowest BCUT2D eigenvalue weighted by Gasteiger charge is -2.12. The number of urea groups is 1. The second-order valence-electron chi connectivity index (χ2n) is 7.97. The predicted molar refractivity (Wildman–Crippen MR) is 145 cm³/mol. The predicted octanol–water partition coefficient (Wildman–Crippen LogP) is 4.95. The Morgan fingerprint density at radius 3 is 2.45 bits per heavy atom. The van der Waals surface area contributed by atoms with Crippen molar-refractivity contribution >= 4 is 23.4 Å². The average molecular weight is 508 g/mol. The van der Waals surface area contributed by atoms with Gasteiger partial charge in [0.05, 0.1) is 31.2 Å². The van der Waals surface area contributed by atoms with Gasteiger partial charge in [-0.25, -0.2) is 9.59 Å². The Morgan fingerprint density at radius 2 is 1.71 bits per heavy atom. The van der Waals surface area contributed by atoms with Crippen molar-refractivity contribution < 1.29 is 24.2 Å². The van der Waals surface area contributed by atoms with Crippen molar-refractivity contribution in [1.82, 2.24) is 4.98 Å². The maximum Gasteiger partial charge on any atom is 0.338 e. The van der Waals surface area contributed by atoms with E-state index in [0.717, 1.165) is 11.1 Å². The van der Waals surface area contributed by atoms with E-state index in [9.17, 15) is 9.59 Å². The SMILES string of the molecule is COC(=O)c1cccc(C#Cc2ccc(NC(=O)Nc3cccnc3)cc2)c1-c1cccc(OCCO)c1. The van der Waals surface area contributed by atoms with Gasteiger partial charge in [-0.2, -0.15) is 0 Å². The van der Waals surface area contributed by atoms with Crippen LogP contribution in [0.5, 0.6) is 5.75 Å². The van der Waals surface area contributed by atoms with E-state index in [2.05, 4.69) is 27.5 Å². The first-order valence-corrected chi connectivity index (χ1v) is 11.7. The molecule has 0 bridgehead atoms. The topological polar surface area (TPSA) is 110 Å². The number of hydrogen-bond acceptors (Lipinski definition) is 6. The van der Waals surface area contributed by atoms with Crippen LogP contribution in [0, 0.1) is 11.8 Å². The third kappa shape index (κ3) is 6.75. The Bertz CT molecular complexity index is 1480. The number of carbonyl (C=O) groups excluding carboxylic acids is 2. The molecular formula is C30H25N3O5. The number of pyridine rings is 1. The van der Waals surface area contributed by atoms with Crippen LogP contribution in [0.25, 0.3) is 11.1 Å². The van der Waals surface area contributed by atoms with Crippen LogP contribution in [0.1, 0.15) is 21.5 Å². The number of carbonyl (C=O) groups is 2. The molecule has 0 aliphatic heterocycles. The Labute approximate surface area is 220 Å². The number of rotatable bonds is 7. The van der Waals surface area contributed by atoms with E-state index in [1.54, 1.807) is 73.1 Å². The van der Waals surface area contributed by atoms with Crippen molar-refractivity contribution in [3.63, 3.8) is 0 Å². The van der Waals surface area contributed by atoms with Crippen LogP contribution in [-0.4, -0.2) is 42.4 Å². The number of amides is 2. The van der Waals surface area contributed by atoms with Gasteiger partial charge in [0.25, 0.3) is 0 Å². The molecule has 190 valence electrons. The smallest absolute Gasteiger partial charge is 0.338 e. The fourth-order valence-corrected chi connectivity index (χ4v) is 3.66. The van der Waals surface area contributed by atoms with Crippen LogP contribution in [0.15, 0.2) is 91.3 Å². The minimum absolute atomic E-state index is 0.108. The molecule has 8 nitrogen and oxygen atoms in total. The van der Waals surface area contributed by atoms with Crippen LogP contribution in [0.2, 0.25) is 0 Å². The number of nitrogens with one attached hydrogen (secondary N) is 2. The van der Waals surface area contributed by atoms with Gasteiger partial charge in [-0.05, 0) is 66.2 Å². The second-order valence-corrected chi connectivity index (χ2v) is 7.97. The molecule has 38 heavy (non-hydrogen) atoms. The Kier molecular flexibility index (Phi) is 8.68. The largest absolute Gasteiger partial charge is 0.491 e. The van der Waals surface area contributed by atoms with Crippen LogP contribution in [0.4, 0.5) is 16.2 Å². The third-order valence-corrected chi connectivity index (χ3v) is 5.36. The lowest BCUT2D eigenvalue weighted by atomic mass is 9.94. The summed E-state index contributed by atoms with van der Waals surface area (Å²) in [6.45, 7) is 0.0495. The third-order valence-electron chi connectivity index (χ3n) is 5.36. The zero-order valence-corrected chi connectivity index (χ0v) is 20.6. The zero-order chi connectivity index (χ0) is 26.7. The molecule has 2 amide bonds. The van der Waals surface area contributed by atoms with Gasteiger partial charge in [-0.1, -0.05) is 30.0 Å². The molecule has 0 aliphatic carbocycles. The maximum atomic E-state index is 12.6. The Balaban J connectivity index is 1.58. The highest BCUT2D eigenvalue weighted by Crippen LogP contribution is 2.31. The fraction of sp³-hybridized carbons (Fsp3) is 0.100. The van der Waals surface area contributed by atoms with Gasteiger partial charge >= 0.3 is 12.0 Å². The highest BCUT2D eigenvalue weighted by molar-refractivity contribution is 6.00. The van der Waals surface area contributed by atoms with E-state index in [-0.39, 0.29) is 19.2 Å². The standard InChI is InChI=1S/C30H25N3O5/c1-37-29(35)27-9-3-5-22(28(27)23-6-2-8-26(19-23)38-18-17-34)13-10-21-11-14-24(15-12-21)32-30(36)33-25-7-4-16-31-20-25/h2-9,11-12,14-16,19-20,34H,17-18H2,1H3,(H2,32,33,36). The molecule has 4 aromatic rings. The molecular weight excluding hydrogens is 482 g/mol. The lowest BCUT2D eigenvalue weighted by Crippen LogP contribution is -2.19. The molecule has 0 atom stereocenters. The first-order chi connectivity index (χ1) is 18.6. The van der Waals surface area contributed by atoms with E-state index in [4.69, 9.17) is 14.6 Å². The van der Waals surface area contributed by atoms with Crippen molar-refractivity contribution in [2.24, 2.45) is 0 Å². The molecule has 0 fully saturated rings. The van der Waals surface area contributed by atoms with Gasteiger partial charge in [-0.15, -0.1) is 0 Å². The number of benzene rings is 3. The molecule has 1 aromatic heterocycles. The zero-order valence-electron chi connectivity index (χ0n) is 20.6. The summed E-state index contributed by atoms with van der Waals surface area (Å²) < 4.78 is 10.5. The van der Waals surface area contributed by atoms with E-state index in [0.29, 0.717) is 33.8 Å². The number of nitrogens with zero attached hydrogens (tertiary/aromatic N) is 1. The van der Waals surface area contributed by atoms with Gasteiger partial charge in [0.15, 0.2) is 0 Å². The minimum Gasteiger partial charge on any atom is -0.491 e. The van der Waals surface area contributed by atoms with E-state index in [1.165, 1.54) is 7.11 Å².